The Morgan fingerprint density at radius 1 is 1.15 bits per heavy atom. The predicted molar refractivity (Wildman–Crippen MR) is 102 cm³/mol. The highest BCUT2D eigenvalue weighted by molar-refractivity contribution is 5.84. The second kappa shape index (κ2) is 6.67. The summed E-state index contributed by atoms with van der Waals surface area (Å²) in [6.45, 7) is 7.07. The van der Waals surface area contributed by atoms with Crippen molar-refractivity contribution in [3.05, 3.63) is 12.2 Å². The van der Waals surface area contributed by atoms with Crippen LogP contribution in [0.1, 0.15) is 65.1 Å². The lowest BCUT2D eigenvalue weighted by Gasteiger charge is -2.24. The van der Waals surface area contributed by atoms with Crippen molar-refractivity contribution in [2.75, 3.05) is 18.0 Å². The van der Waals surface area contributed by atoms with E-state index in [4.69, 9.17) is 4.98 Å². The second-order valence-electron chi connectivity index (χ2n) is 9.22. The van der Waals surface area contributed by atoms with Crippen molar-refractivity contribution in [1.82, 2.24) is 19.5 Å². The third-order valence-electron chi connectivity index (χ3n) is 5.77. The Morgan fingerprint density at radius 3 is 2.52 bits per heavy atom. The van der Waals surface area contributed by atoms with E-state index in [1.165, 1.54) is 32.1 Å². The van der Waals surface area contributed by atoms with E-state index in [0.29, 0.717) is 29.6 Å². The van der Waals surface area contributed by atoms with Gasteiger partial charge in [0.05, 0.1) is 12.9 Å². The van der Waals surface area contributed by atoms with Gasteiger partial charge in [0.2, 0.25) is 0 Å². The maximum Gasteiger partial charge on any atom is 0.266 e. The third kappa shape index (κ3) is 3.78. The fraction of sp³-hybridized carbons (Fsp3) is 0.750. The molecule has 0 unspecified atom stereocenters. The zero-order chi connectivity index (χ0) is 19.2. The van der Waals surface area contributed by atoms with Gasteiger partial charge in [-0.05, 0) is 18.8 Å². The zero-order valence-electron chi connectivity index (χ0n) is 16.5. The highest BCUT2D eigenvalue weighted by Crippen LogP contribution is 2.35. The van der Waals surface area contributed by atoms with Gasteiger partial charge in [-0.3, -0.25) is 0 Å². The molecule has 0 spiro atoms. The lowest BCUT2D eigenvalue weighted by Crippen LogP contribution is -2.27. The number of aromatic nitrogens is 4. The molecule has 4 rings (SSSR count). The molecule has 2 aromatic rings. The van der Waals surface area contributed by atoms with Gasteiger partial charge >= 0.3 is 0 Å². The van der Waals surface area contributed by atoms with E-state index < -0.39 is 5.92 Å². The fourth-order valence-electron chi connectivity index (χ4n) is 4.18. The normalized spacial score (nSPS) is 21.3. The summed E-state index contributed by atoms with van der Waals surface area (Å²) in [6.07, 6.45) is 8.06. The molecule has 1 aliphatic carbocycles. The maximum atomic E-state index is 13.8. The Hall–Kier alpha value is -1.79. The lowest BCUT2D eigenvalue weighted by atomic mass is 9.89. The largest absolute Gasteiger partial charge is 0.348 e. The molecule has 3 heterocycles. The van der Waals surface area contributed by atoms with Crippen LogP contribution in [0.25, 0.3) is 11.2 Å². The highest BCUT2D eigenvalue weighted by atomic mass is 19.3. The van der Waals surface area contributed by atoms with Gasteiger partial charge < -0.3 is 9.47 Å². The Morgan fingerprint density at radius 2 is 1.89 bits per heavy atom. The second-order valence-corrected chi connectivity index (χ2v) is 9.22. The molecule has 0 aromatic carbocycles. The van der Waals surface area contributed by atoms with Crippen molar-refractivity contribution in [2.24, 2.45) is 5.92 Å². The van der Waals surface area contributed by atoms with Crippen LogP contribution in [0.2, 0.25) is 0 Å². The van der Waals surface area contributed by atoms with Crippen molar-refractivity contribution in [2.45, 2.75) is 77.2 Å². The molecule has 7 heteroatoms. The molecule has 0 N–H and O–H groups in total. The molecule has 0 radical (unpaired) electrons. The summed E-state index contributed by atoms with van der Waals surface area (Å²) in [7, 11) is 0. The first kappa shape index (κ1) is 18.6. The summed E-state index contributed by atoms with van der Waals surface area (Å²) >= 11 is 0. The SMILES string of the molecule is CC(C)(C)c1nc(N2CCC(F)(F)C2)c2ncn(CC3CCCCC3)c2n1. The van der Waals surface area contributed by atoms with Crippen LogP contribution < -0.4 is 4.90 Å². The molecule has 1 aliphatic heterocycles. The number of halogens is 2. The lowest BCUT2D eigenvalue weighted by molar-refractivity contribution is 0.0257. The van der Waals surface area contributed by atoms with Crippen LogP contribution in [0, 0.1) is 5.92 Å². The van der Waals surface area contributed by atoms with Gasteiger partial charge in [0.15, 0.2) is 17.0 Å². The van der Waals surface area contributed by atoms with E-state index >= 15 is 0 Å². The van der Waals surface area contributed by atoms with Crippen LogP contribution in [0.15, 0.2) is 6.33 Å². The molecule has 5 nitrogen and oxygen atoms in total. The summed E-state index contributed by atoms with van der Waals surface area (Å²) in [6, 6.07) is 0. The first-order valence-corrected chi connectivity index (χ1v) is 10.1. The average Bonchev–Trinajstić information content (AvgIpc) is 3.17. The fourth-order valence-corrected chi connectivity index (χ4v) is 4.18. The van der Waals surface area contributed by atoms with Gasteiger partial charge in [0.1, 0.15) is 5.82 Å². The van der Waals surface area contributed by atoms with E-state index in [-0.39, 0.29) is 18.4 Å². The first-order valence-electron chi connectivity index (χ1n) is 10.1. The van der Waals surface area contributed by atoms with Crippen LogP contribution in [0.4, 0.5) is 14.6 Å². The summed E-state index contributed by atoms with van der Waals surface area (Å²) in [5.74, 6) is -0.775. The van der Waals surface area contributed by atoms with E-state index in [9.17, 15) is 8.78 Å². The van der Waals surface area contributed by atoms with Gasteiger partial charge in [0, 0.05) is 24.9 Å². The molecule has 0 atom stereocenters. The summed E-state index contributed by atoms with van der Waals surface area (Å²) in [5.41, 5.74) is 1.17. The van der Waals surface area contributed by atoms with Crippen molar-refractivity contribution < 1.29 is 8.78 Å². The number of alkyl halides is 2. The molecule has 2 fully saturated rings. The van der Waals surface area contributed by atoms with Gasteiger partial charge in [-0.25, -0.2) is 23.7 Å². The van der Waals surface area contributed by atoms with Crippen molar-refractivity contribution >= 4 is 17.0 Å². The molecule has 27 heavy (non-hydrogen) atoms. The quantitative estimate of drug-likeness (QED) is 0.787. The molecule has 2 aromatic heterocycles. The van der Waals surface area contributed by atoms with Crippen LogP contribution >= 0.6 is 0 Å². The number of anilines is 1. The standard InChI is InChI=1S/C20H29F2N5/c1-19(2,3)18-24-16(26-10-9-20(21,22)12-26)15-17(25-18)27(13-23-15)11-14-7-5-4-6-8-14/h13-14H,4-12H2,1-3H3. The predicted octanol–water partition coefficient (Wildman–Crippen LogP) is 4.55. The number of hydrogen-bond acceptors (Lipinski definition) is 4. The van der Waals surface area contributed by atoms with Gasteiger partial charge in [0.25, 0.3) is 5.92 Å². The van der Waals surface area contributed by atoms with Crippen molar-refractivity contribution in [1.29, 1.82) is 0 Å². The Balaban J connectivity index is 1.75. The minimum absolute atomic E-state index is 0.133. The molecule has 148 valence electrons. The molecule has 0 amide bonds. The Kier molecular flexibility index (Phi) is 4.59. The van der Waals surface area contributed by atoms with Gasteiger partial charge in [-0.2, -0.15) is 0 Å². The van der Waals surface area contributed by atoms with Crippen LogP contribution in [0.3, 0.4) is 0 Å². The Labute approximate surface area is 159 Å². The first-order chi connectivity index (χ1) is 12.7. The molecule has 0 bridgehead atoms. The van der Waals surface area contributed by atoms with Crippen molar-refractivity contribution in [3.63, 3.8) is 0 Å². The smallest absolute Gasteiger partial charge is 0.266 e. The van der Waals surface area contributed by atoms with E-state index in [1.54, 1.807) is 4.90 Å². The van der Waals surface area contributed by atoms with E-state index in [2.05, 4.69) is 35.3 Å². The van der Waals surface area contributed by atoms with Gasteiger partial charge in [-0.15, -0.1) is 0 Å². The van der Waals surface area contributed by atoms with Crippen molar-refractivity contribution in [3.8, 4) is 0 Å². The van der Waals surface area contributed by atoms with Crippen LogP contribution in [-0.4, -0.2) is 38.5 Å². The minimum Gasteiger partial charge on any atom is -0.348 e. The Bertz CT molecular complexity index is 818. The zero-order valence-corrected chi connectivity index (χ0v) is 16.5. The monoisotopic (exact) mass is 377 g/mol. The average molecular weight is 377 g/mol. The molecule has 1 saturated carbocycles. The molecule has 2 aliphatic rings. The minimum atomic E-state index is -2.66. The summed E-state index contributed by atoms with van der Waals surface area (Å²) < 4.78 is 29.7. The summed E-state index contributed by atoms with van der Waals surface area (Å²) in [4.78, 5) is 15.7. The molecule has 1 saturated heterocycles. The number of nitrogens with zero attached hydrogens (tertiary/aromatic N) is 5. The van der Waals surface area contributed by atoms with Crippen LogP contribution in [-0.2, 0) is 12.0 Å². The van der Waals surface area contributed by atoms with E-state index in [1.807, 2.05) is 6.33 Å². The number of imidazole rings is 1. The number of hydrogen-bond donors (Lipinski definition) is 0. The maximum absolute atomic E-state index is 13.8. The number of fused-ring (bicyclic) bond motifs is 1. The summed E-state index contributed by atoms with van der Waals surface area (Å²) in [5, 5.41) is 0. The van der Waals surface area contributed by atoms with Crippen LogP contribution in [0.5, 0.6) is 0 Å². The van der Waals surface area contributed by atoms with Gasteiger partial charge in [-0.1, -0.05) is 40.0 Å². The molecular weight excluding hydrogens is 348 g/mol. The highest BCUT2D eigenvalue weighted by Gasteiger charge is 2.40. The molecular formula is C20H29F2N5. The number of rotatable bonds is 3. The van der Waals surface area contributed by atoms with E-state index in [0.717, 1.165) is 12.2 Å². The third-order valence-corrected chi connectivity index (χ3v) is 5.77. The topological polar surface area (TPSA) is 46.8 Å².